The predicted octanol–water partition coefficient (Wildman–Crippen LogP) is 1.27. The highest BCUT2D eigenvalue weighted by Gasteiger charge is 2.25. The van der Waals surface area contributed by atoms with Gasteiger partial charge in [-0.1, -0.05) is 5.21 Å². The number of aromatic carboxylic acids is 1. The van der Waals surface area contributed by atoms with Gasteiger partial charge in [0.2, 0.25) is 0 Å². The smallest absolute Gasteiger partial charge is 0.356 e. The third-order valence-electron chi connectivity index (χ3n) is 2.81. The topological polar surface area (TPSA) is 93.8 Å². The fourth-order valence-corrected chi connectivity index (χ4v) is 1.68. The molecule has 2 heterocycles. The molecule has 1 aliphatic carbocycles. The van der Waals surface area contributed by atoms with E-state index < -0.39 is 5.97 Å². The van der Waals surface area contributed by atoms with Crippen LogP contribution in [0.25, 0.3) is 12.2 Å². The van der Waals surface area contributed by atoms with E-state index in [1.54, 1.807) is 12.3 Å². The maximum atomic E-state index is 10.6. The van der Waals surface area contributed by atoms with E-state index in [1.165, 1.54) is 12.4 Å². The molecule has 0 radical (unpaired) electrons. The van der Waals surface area contributed by atoms with E-state index in [-0.39, 0.29) is 5.69 Å². The molecule has 2 aromatic rings. The summed E-state index contributed by atoms with van der Waals surface area (Å²) in [7, 11) is 0. The number of hydrogen-bond acceptors (Lipinski definition) is 5. The Morgan fingerprint density at radius 2 is 2.11 bits per heavy atom. The highest BCUT2D eigenvalue weighted by atomic mass is 16.4. The summed E-state index contributed by atoms with van der Waals surface area (Å²) in [6, 6.07) is 0.461. The first-order valence-electron chi connectivity index (χ1n) is 5.87. The normalized spacial score (nSPS) is 14.9. The summed E-state index contributed by atoms with van der Waals surface area (Å²) in [6.07, 6.45) is 10.2. The van der Waals surface area contributed by atoms with E-state index in [0.29, 0.717) is 11.7 Å². The van der Waals surface area contributed by atoms with Gasteiger partial charge in [0.25, 0.3) is 0 Å². The number of aromatic nitrogens is 5. The van der Waals surface area contributed by atoms with Crippen LogP contribution in [0.3, 0.4) is 0 Å². The number of carboxylic acids is 1. The molecule has 0 spiro atoms. The van der Waals surface area contributed by atoms with Crippen molar-refractivity contribution in [1.82, 2.24) is 25.0 Å². The second-order valence-electron chi connectivity index (χ2n) is 4.30. The van der Waals surface area contributed by atoms with Crippen molar-refractivity contribution in [3.63, 3.8) is 0 Å². The summed E-state index contributed by atoms with van der Waals surface area (Å²) >= 11 is 0. The zero-order valence-electron chi connectivity index (χ0n) is 9.97. The third-order valence-corrected chi connectivity index (χ3v) is 2.81. The molecule has 3 rings (SSSR count). The third kappa shape index (κ3) is 2.49. The summed E-state index contributed by atoms with van der Waals surface area (Å²) < 4.78 is 1.88. The van der Waals surface area contributed by atoms with Crippen LogP contribution in [0.5, 0.6) is 0 Å². The standard InChI is InChI=1S/C12H11N5O2/c18-12(19)11-7-13-8(5-14-11)1-2-10-6-15-16-17(10)9-3-4-9/h1-2,5-7,9H,3-4H2,(H,18,19)/b2-1+. The van der Waals surface area contributed by atoms with Gasteiger partial charge < -0.3 is 5.11 Å². The predicted molar refractivity (Wildman–Crippen MR) is 66.2 cm³/mol. The molecule has 1 fully saturated rings. The van der Waals surface area contributed by atoms with Crippen LogP contribution in [0.15, 0.2) is 18.6 Å². The molecule has 96 valence electrons. The van der Waals surface area contributed by atoms with Crippen LogP contribution in [0.4, 0.5) is 0 Å². The van der Waals surface area contributed by atoms with Gasteiger partial charge in [-0.2, -0.15) is 0 Å². The highest BCUT2D eigenvalue weighted by Crippen LogP contribution is 2.34. The molecule has 1 aliphatic rings. The molecule has 7 nitrogen and oxygen atoms in total. The Hall–Kier alpha value is -2.57. The summed E-state index contributed by atoms with van der Waals surface area (Å²) in [5, 5.41) is 16.6. The van der Waals surface area contributed by atoms with Crippen molar-refractivity contribution in [3.8, 4) is 0 Å². The Bertz CT molecular complexity index is 628. The van der Waals surface area contributed by atoms with E-state index in [4.69, 9.17) is 5.11 Å². The maximum absolute atomic E-state index is 10.6. The molecule has 19 heavy (non-hydrogen) atoms. The number of carboxylic acid groups (broad SMARTS) is 1. The Balaban J connectivity index is 1.78. The van der Waals surface area contributed by atoms with Gasteiger partial charge in [-0.3, -0.25) is 4.98 Å². The van der Waals surface area contributed by atoms with Crippen LogP contribution in [0, 0.1) is 0 Å². The SMILES string of the molecule is O=C(O)c1cnc(/C=C/c2cnnn2C2CC2)cn1. The van der Waals surface area contributed by atoms with Gasteiger partial charge >= 0.3 is 5.97 Å². The van der Waals surface area contributed by atoms with Crippen LogP contribution < -0.4 is 0 Å². The number of carbonyl (C=O) groups is 1. The summed E-state index contributed by atoms with van der Waals surface area (Å²) in [5.41, 5.74) is 1.43. The first kappa shape index (κ1) is 11.5. The van der Waals surface area contributed by atoms with Gasteiger partial charge in [-0.25, -0.2) is 14.5 Å². The van der Waals surface area contributed by atoms with Crippen molar-refractivity contribution in [2.75, 3.05) is 0 Å². The lowest BCUT2D eigenvalue weighted by molar-refractivity contribution is 0.0690. The average Bonchev–Trinajstić information content (AvgIpc) is 3.16. The van der Waals surface area contributed by atoms with Crippen LogP contribution in [0.2, 0.25) is 0 Å². The molecule has 0 atom stereocenters. The Morgan fingerprint density at radius 3 is 2.74 bits per heavy atom. The molecule has 1 N–H and O–H groups in total. The first-order valence-corrected chi connectivity index (χ1v) is 5.87. The van der Waals surface area contributed by atoms with E-state index >= 15 is 0 Å². The van der Waals surface area contributed by atoms with Gasteiger partial charge in [0.05, 0.1) is 36.0 Å². The number of rotatable bonds is 4. The van der Waals surface area contributed by atoms with Gasteiger partial charge in [-0.15, -0.1) is 5.10 Å². The van der Waals surface area contributed by atoms with Gasteiger partial charge in [0.15, 0.2) is 5.69 Å². The molecular formula is C12H11N5O2. The van der Waals surface area contributed by atoms with Crippen LogP contribution >= 0.6 is 0 Å². The molecule has 0 unspecified atom stereocenters. The summed E-state index contributed by atoms with van der Waals surface area (Å²) in [4.78, 5) is 18.4. The first-order chi connectivity index (χ1) is 9.24. The van der Waals surface area contributed by atoms with Crippen LogP contribution in [-0.4, -0.2) is 36.0 Å². The van der Waals surface area contributed by atoms with E-state index in [2.05, 4.69) is 20.3 Å². The van der Waals surface area contributed by atoms with Crippen molar-refractivity contribution >= 4 is 18.1 Å². The van der Waals surface area contributed by atoms with Crippen molar-refractivity contribution in [2.24, 2.45) is 0 Å². The Labute approximate surface area is 108 Å². The molecule has 0 aliphatic heterocycles. The molecule has 7 heteroatoms. The zero-order chi connectivity index (χ0) is 13.2. The molecule has 0 amide bonds. The molecule has 0 saturated heterocycles. The minimum absolute atomic E-state index is 0.0677. The number of hydrogen-bond donors (Lipinski definition) is 1. The minimum atomic E-state index is -1.08. The summed E-state index contributed by atoms with van der Waals surface area (Å²) in [5.74, 6) is -1.08. The van der Waals surface area contributed by atoms with Crippen LogP contribution in [-0.2, 0) is 0 Å². The second kappa shape index (κ2) is 4.60. The monoisotopic (exact) mass is 257 g/mol. The fraction of sp³-hybridized carbons (Fsp3) is 0.250. The fourth-order valence-electron chi connectivity index (χ4n) is 1.68. The second-order valence-corrected chi connectivity index (χ2v) is 4.30. The van der Waals surface area contributed by atoms with Crippen molar-refractivity contribution in [2.45, 2.75) is 18.9 Å². The maximum Gasteiger partial charge on any atom is 0.356 e. The lowest BCUT2D eigenvalue weighted by atomic mass is 10.3. The zero-order valence-corrected chi connectivity index (χ0v) is 9.97. The molecule has 2 aromatic heterocycles. The molecule has 0 bridgehead atoms. The Kier molecular flexibility index (Phi) is 2.79. The molecule has 0 aromatic carbocycles. The van der Waals surface area contributed by atoms with Crippen molar-refractivity contribution in [1.29, 1.82) is 0 Å². The van der Waals surface area contributed by atoms with Gasteiger partial charge in [0, 0.05) is 0 Å². The van der Waals surface area contributed by atoms with Crippen molar-refractivity contribution in [3.05, 3.63) is 35.7 Å². The number of nitrogens with zero attached hydrogens (tertiary/aromatic N) is 5. The van der Waals surface area contributed by atoms with Crippen LogP contribution in [0.1, 0.15) is 40.8 Å². The summed E-state index contributed by atoms with van der Waals surface area (Å²) in [6.45, 7) is 0. The van der Waals surface area contributed by atoms with E-state index in [9.17, 15) is 4.79 Å². The minimum Gasteiger partial charge on any atom is -0.476 e. The van der Waals surface area contributed by atoms with Gasteiger partial charge in [-0.05, 0) is 25.0 Å². The quantitative estimate of drug-likeness (QED) is 0.886. The lowest BCUT2D eigenvalue weighted by Crippen LogP contribution is -2.01. The lowest BCUT2D eigenvalue weighted by Gasteiger charge is -1.98. The molecular weight excluding hydrogens is 246 g/mol. The van der Waals surface area contributed by atoms with Gasteiger partial charge in [0.1, 0.15) is 0 Å². The van der Waals surface area contributed by atoms with E-state index in [1.807, 2.05) is 10.8 Å². The Morgan fingerprint density at radius 1 is 1.26 bits per heavy atom. The highest BCUT2D eigenvalue weighted by molar-refractivity contribution is 5.84. The van der Waals surface area contributed by atoms with Crippen molar-refractivity contribution < 1.29 is 9.90 Å². The average molecular weight is 257 g/mol. The molecule has 1 saturated carbocycles. The van der Waals surface area contributed by atoms with E-state index in [0.717, 1.165) is 18.5 Å². The largest absolute Gasteiger partial charge is 0.476 e.